The predicted molar refractivity (Wildman–Crippen MR) is 241 cm³/mol. The molecule has 2 atom stereocenters. The van der Waals surface area contributed by atoms with Crippen molar-refractivity contribution in [3.05, 3.63) is 129 Å². The van der Waals surface area contributed by atoms with Crippen LogP contribution in [0.2, 0.25) is 10.0 Å². The molecule has 2 aromatic heterocycles. The quantitative estimate of drug-likeness (QED) is 0.0621. The lowest BCUT2D eigenvalue weighted by molar-refractivity contribution is 0.0507. The van der Waals surface area contributed by atoms with Gasteiger partial charge in [-0.25, -0.2) is 22.4 Å². The number of nitrogens with two attached hydrogens (primary N) is 1. The molecule has 0 aliphatic carbocycles. The van der Waals surface area contributed by atoms with Crippen molar-refractivity contribution in [2.24, 2.45) is 5.73 Å². The average Bonchev–Trinajstić information content (AvgIpc) is 3.74. The fourth-order valence-corrected chi connectivity index (χ4v) is 7.38. The van der Waals surface area contributed by atoms with Gasteiger partial charge in [-0.15, -0.1) is 24.8 Å². The van der Waals surface area contributed by atoms with Gasteiger partial charge in [0.25, 0.3) is 0 Å². The molecule has 6 rings (SSSR count). The molecule has 0 fully saturated rings. The van der Waals surface area contributed by atoms with Crippen molar-refractivity contribution >= 4 is 87.0 Å². The minimum absolute atomic E-state index is 0. The SMILES string of the molecule is CC(C)(C)OC(=O)N[C@H](CNc1nc(O)c(-c2ccc(F)c(F)c2)s1)Cc1ccc(Cl)cc1.Cl.Cl.N[C@H](CNc1nc(O)c(-c2ccc(F)c(F)c2)s1)Cc1ccc(Cl)cc1. The average molecular weight is 965 g/mol. The van der Waals surface area contributed by atoms with Crippen LogP contribution in [0, 0.1) is 23.3 Å². The molecule has 0 aliphatic heterocycles. The smallest absolute Gasteiger partial charge is 0.407 e. The van der Waals surface area contributed by atoms with E-state index in [4.69, 9.17) is 33.7 Å². The number of alkyl carbamates (subject to hydrolysis) is 1. The molecule has 4 aromatic carbocycles. The molecule has 20 heteroatoms. The molecule has 0 spiro atoms. The molecule has 328 valence electrons. The van der Waals surface area contributed by atoms with Crippen LogP contribution in [0.3, 0.4) is 0 Å². The Bertz CT molecular complexity index is 2350. The fraction of sp³-hybridized carbons (Fsp3) is 0.244. The fourth-order valence-electron chi connectivity index (χ4n) is 5.40. The van der Waals surface area contributed by atoms with E-state index in [0.717, 1.165) is 58.1 Å². The van der Waals surface area contributed by atoms with Crippen LogP contribution < -0.4 is 21.7 Å². The molecule has 0 bridgehead atoms. The van der Waals surface area contributed by atoms with Crippen LogP contribution in [0.5, 0.6) is 11.8 Å². The second-order valence-corrected chi connectivity index (χ2v) is 17.0. The summed E-state index contributed by atoms with van der Waals surface area (Å²) >= 11 is 14.0. The predicted octanol–water partition coefficient (Wildman–Crippen LogP) is 11.3. The van der Waals surface area contributed by atoms with Crippen molar-refractivity contribution in [2.45, 2.75) is 51.3 Å². The van der Waals surface area contributed by atoms with E-state index in [0.29, 0.717) is 60.6 Å². The van der Waals surface area contributed by atoms with Gasteiger partial charge in [0.05, 0.1) is 15.8 Å². The normalized spacial score (nSPS) is 11.8. The van der Waals surface area contributed by atoms with Gasteiger partial charge in [0.15, 0.2) is 33.5 Å². The third kappa shape index (κ3) is 15.7. The van der Waals surface area contributed by atoms with Crippen LogP contribution in [0.4, 0.5) is 32.6 Å². The van der Waals surface area contributed by atoms with Crippen molar-refractivity contribution < 1.29 is 37.3 Å². The van der Waals surface area contributed by atoms with Gasteiger partial charge in [-0.05, 0) is 93.3 Å². The molecule has 0 saturated carbocycles. The van der Waals surface area contributed by atoms with E-state index in [9.17, 15) is 32.6 Å². The first-order valence-electron chi connectivity index (χ1n) is 17.9. The first kappa shape index (κ1) is 50.8. The lowest BCUT2D eigenvalue weighted by atomic mass is 10.1. The molecule has 0 aliphatic rings. The summed E-state index contributed by atoms with van der Waals surface area (Å²) in [5.41, 5.74) is 8.14. The van der Waals surface area contributed by atoms with Crippen LogP contribution in [0.25, 0.3) is 20.9 Å². The molecule has 1 amide bonds. The van der Waals surface area contributed by atoms with Gasteiger partial charge in [0.1, 0.15) is 5.60 Å². The molecule has 0 radical (unpaired) electrons. The molecule has 61 heavy (non-hydrogen) atoms. The first-order valence-corrected chi connectivity index (χ1v) is 20.3. The molecule has 0 saturated heterocycles. The highest BCUT2D eigenvalue weighted by Crippen LogP contribution is 2.39. The van der Waals surface area contributed by atoms with E-state index < -0.39 is 35.0 Å². The summed E-state index contributed by atoms with van der Waals surface area (Å²) < 4.78 is 58.6. The Kier molecular flexibility index (Phi) is 19.2. The summed E-state index contributed by atoms with van der Waals surface area (Å²) in [4.78, 5) is 21.0. The Labute approximate surface area is 380 Å². The van der Waals surface area contributed by atoms with Crippen molar-refractivity contribution in [3.63, 3.8) is 0 Å². The maximum Gasteiger partial charge on any atom is 0.407 e. The summed E-state index contributed by atoms with van der Waals surface area (Å²) in [6, 6.07) is 20.9. The van der Waals surface area contributed by atoms with Gasteiger partial charge in [-0.1, -0.05) is 82.3 Å². The maximum atomic E-state index is 13.6. The third-order valence-electron chi connectivity index (χ3n) is 8.12. The second-order valence-electron chi connectivity index (χ2n) is 14.1. The van der Waals surface area contributed by atoms with Crippen molar-refractivity contribution in [1.29, 1.82) is 0 Å². The maximum absolute atomic E-state index is 13.6. The highest BCUT2D eigenvalue weighted by molar-refractivity contribution is 7.19. The molecular weight excluding hydrogens is 922 g/mol. The largest absolute Gasteiger partial charge is 0.492 e. The van der Waals surface area contributed by atoms with Gasteiger partial charge in [0, 0.05) is 40.3 Å². The summed E-state index contributed by atoms with van der Waals surface area (Å²) in [6.07, 6.45) is 0.571. The second kappa shape index (κ2) is 23.1. The van der Waals surface area contributed by atoms with Crippen molar-refractivity contribution in [1.82, 2.24) is 15.3 Å². The number of amides is 1. The van der Waals surface area contributed by atoms with Gasteiger partial charge >= 0.3 is 6.09 Å². The van der Waals surface area contributed by atoms with E-state index >= 15 is 0 Å². The number of aromatic hydroxyl groups is 2. The first-order chi connectivity index (χ1) is 27.9. The Hall–Kier alpha value is -4.55. The number of nitrogens with one attached hydrogen (secondary N) is 3. The minimum atomic E-state index is -1.01. The molecular formula is C41H42Cl4F4N6O4S2. The van der Waals surface area contributed by atoms with E-state index in [1.54, 1.807) is 32.9 Å². The molecule has 7 N–H and O–H groups in total. The summed E-state index contributed by atoms with van der Waals surface area (Å²) in [5, 5.41) is 31.2. The number of thiazole rings is 2. The molecule has 2 heterocycles. The lowest BCUT2D eigenvalue weighted by Gasteiger charge is -2.24. The topological polar surface area (TPSA) is 155 Å². The minimum Gasteiger partial charge on any atom is -0.492 e. The van der Waals surface area contributed by atoms with Crippen LogP contribution in [-0.2, 0) is 17.6 Å². The van der Waals surface area contributed by atoms with Crippen molar-refractivity contribution in [2.75, 3.05) is 23.7 Å². The van der Waals surface area contributed by atoms with Gasteiger partial charge in [-0.3, -0.25) is 0 Å². The zero-order chi connectivity index (χ0) is 42.9. The number of halogens is 8. The van der Waals surface area contributed by atoms with E-state index in [1.165, 1.54) is 12.1 Å². The standard InChI is InChI=1S/C23H24ClF2N3O3S.C18H16ClF2N3OS.2ClH/c1-23(2,3)32-22(31)28-16(10-13-4-7-15(24)8-5-13)12-27-21-29-20(30)19(33-21)14-6-9-17(25)18(26)11-14;19-12-4-1-10(2-5-12)7-13(22)9-23-18-24-17(25)16(26-18)11-3-6-14(20)15(21)8-11;;/h4-9,11,16,30H,10,12H2,1-3H3,(H,27,29)(H,28,31);1-6,8,13,25H,7,9,22H2,(H,23,24);2*1H/t16-;13-;;/m00../s1. The molecule has 0 unspecified atom stereocenters. The highest BCUT2D eigenvalue weighted by atomic mass is 35.5. The summed E-state index contributed by atoms with van der Waals surface area (Å²) in [6.45, 7) is 6.03. The third-order valence-corrected chi connectivity index (χ3v) is 10.7. The Morgan fingerprint density at radius 1 is 0.705 bits per heavy atom. The molecule has 10 nitrogen and oxygen atoms in total. The highest BCUT2D eigenvalue weighted by Gasteiger charge is 2.22. The number of carbonyl (C=O) groups is 1. The van der Waals surface area contributed by atoms with Crippen LogP contribution in [0.1, 0.15) is 31.9 Å². The van der Waals surface area contributed by atoms with Gasteiger partial charge < -0.3 is 36.6 Å². The summed E-state index contributed by atoms with van der Waals surface area (Å²) in [7, 11) is 0. The molecule has 6 aromatic rings. The van der Waals surface area contributed by atoms with Crippen LogP contribution in [0.15, 0.2) is 84.9 Å². The van der Waals surface area contributed by atoms with E-state index in [2.05, 4.69) is 25.9 Å². The van der Waals surface area contributed by atoms with Crippen molar-refractivity contribution in [3.8, 4) is 32.6 Å². The summed E-state index contributed by atoms with van der Waals surface area (Å²) in [5.74, 6) is -4.45. The lowest BCUT2D eigenvalue weighted by Crippen LogP contribution is -2.43. The van der Waals surface area contributed by atoms with Crippen LogP contribution in [-0.4, -0.2) is 57.0 Å². The number of anilines is 2. The number of aromatic nitrogens is 2. The number of carbonyl (C=O) groups excluding carboxylic acids is 1. The van der Waals surface area contributed by atoms with Gasteiger partial charge in [0.2, 0.25) is 11.8 Å². The number of hydrogen-bond donors (Lipinski definition) is 6. The Morgan fingerprint density at radius 2 is 1.13 bits per heavy atom. The van der Waals surface area contributed by atoms with E-state index in [-0.39, 0.29) is 55.2 Å². The van der Waals surface area contributed by atoms with E-state index in [1.807, 2.05) is 36.4 Å². The zero-order valence-corrected chi connectivity index (χ0v) is 37.4. The van der Waals surface area contributed by atoms with Crippen LogP contribution >= 0.6 is 70.7 Å². The Morgan fingerprint density at radius 3 is 1.56 bits per heavy atom. The number of rotatable bonds is 13. The number of hydrogen-bond acceptors (Lipinski definition) is 11. The van der Waals surface area contributed by atoms with Gasteiger partial charge in [-0.2, -0.15) is 9.97 Å². The monoisotopic (exact) mass is 962 g/mol. The number of nitrogens with zero attached hydrogens (tertiary/aromatic N) is 2. The number of ether oxygens (including phenoxy) is 1. The zero-order valence-electron chi connectivity index (χ0n) is 32.6. The Balaban J connectivity index is 0.000000323. The number of benzene rings is 4.